The lowest BCUT2D eigenvalue weighted by molar-refractivity contribution is 0.0696. The number of carbonyl (C=O) groups is 1. The van der Waals surface area contributed by atoms with Crippen molar-refractivity contribution in [3.05, 3.63) is 52.5 Å². The molecule has 0 aliphatic heterocycles. The van der Waals surface area contributed by atoms with Crippen molar-refractivity contribution in [2.24, 2.45) is 0 Å². The molecule has 20 heavy (non-hydrogen) atoms. The first-order valence-corrected chi connectivity index (χ1v) is 6.83. The molecule has 0 heterocycles. The van der Waals surface area contributed by atoms with Crippen molar-refractivity contribution in [2.45, 2.75) is 6.92 Å². The number of hydrogen-bond donors (Lipinski definition) is 1. The highest BCUT2D eigenvalue weighted by Crippen LogP contribution is 2.29. The number of rotatable bonds is 5. The summed E-state index contributed by atoms with van der Waals surface area (Å²) in [6.07, 6.45) is 0. The molecule has 2 aromatic carbocycles. The van der Waals surface area contributed by atoms with E-state index in [9.17, 15) is 4.79 Å². The molecule has 0 aliphatic carbocycles. The predicted molar refractivity (Wildman–Crippen MR) is 78.8 cm³/mol. The van der Waals surface area contributed by atoms with Crippen LogP contribution in [0.1, 0.15) is 17.3 Å². The smallest absolute Gasteiger partial charge is 0.336 e. The van der Waals surface area contributed by atoms with Gasteiger partial charge in [-0.2, -0.15) is 0 Å². The van der Waals surface area contributed by atoms with Crippen LogP contribution in [0.4, 0.5) is 0 Å². The third kappa shape index (κ3) is 3.51. The van der Waals surface area contributed by atoms with Gasteiger partial charge in [0.1, 0.15) is 17.2 Å². The highest BCUT2D eigenvalue weighted by atomic mass is 79.9. The van der Waals surface area contributed by atoms with Gasteiger partial charge in [-0.05, 0) is 53.2 Å². The summed E-state index contributed by atoms with van der Waals surface area (Å²) in [7, 11) is 0. The number of halogens is 1. The van der Waals surface area contributed by atoms with Gasteiger partial charge in [-0.15, -0.1) is 0 Å². The van der Waals surface area contributed by atoms with E-state index in [1.165, 1.54) is 6.07 Å². The van der Waals surface area contributed by atoms with E-state index in [-0.39, 0.29) is 5.56 Å². The fraction of sp³-hybridized carbons (Fsp3) is 0.133. The zero-order valence-electron chi connectivity index (χ0n) is 10.8. The second-order valence-corrected chi connectivity index (χ2v) is 4.81. The van der Waals surface area contributed by atoms with Crippen LogP contribution in [-0.2, 0) is 0 Å². The van der Waals surface area contributed by atoms with Crippen LogP contribution in [0, 0.1) is 0 Å². The lowest BCUT2D eigenvalue weighted by Gasteiger charge is -2.09. The molecule has 5 heteroatoms. The topological polar surface area (TPSA) is 55.8 Å². The SMILES string of the molecule is CCOc1cccc(Oc2ccc(C(=O)O)c(Br)c2)c1. The van der Waals surface area contributed by atoms with Crippen molar-refractivity contribution in [3.8, 4) is 17.2 Å². The maximum Gasteiger partial charge on any atom is 0.336 e. The predicted octanol–water partition coefficient (Wildman–Crippen LogP) is 4.34. The summed E-state index contributed by atoms with van der Waals surface area (Å²) in [5.74, 6) is 0.925. The van der Waals surface area contributed by atoms with E-state index in [0.29, 0.717) is 22.6 Å². The van der Waals surface area contributed by atoms with E-state index < -0.39 is 5.97 Å². The average Bonchev–Trinajstić information content (AvgIpc) is 2.39. The molecule has 0 bridgehead atoms. The first kappa shape index (κ1) is 14.4. The number of benzene rings is 2. The lowest BCUT2D eigenvalue weighted by atomic mass is 10.2. The van der Waals surface area contributed by atoms with E-state index in [0.717, 1.165) is 5.75 Å². The molecule has 0 spiro atoms. The fourth-order valence-corrected chi connectivity index (χ4v) is 2.19. The standard InChI is InChI=1S/C15H13BrO4/c1-2-19-10-4-3-5-11(8-10)20-12-6-7-13(15(17)18)14(16)9-12/h3-9H,2H2,1H3,(H,17,18). The van der Waals surface area contributed by atoms with Crippen LogP contribution in [0.15, 0.2) is 46.9 Å². The van der Waals surface area contributed by atoms with Gasteiger partial charge in [0.15, 0.2) is 0 Å². The Hall–Kier alpha value is -2.01. The minimum absolute atomic E-state index is 0.195. The summed E-state index contributed by atoms with van der Waals surface area (Å²) in [4.78, 5) is 10.9. The molecule has 0 atom stereocenters. The third-order valence-electron chi connectivity index (χ3n) is 2.52. The van der Waals surface area contributed by atoms with Crippen molar-refractivity contribution in [2.75, 3.05) is 6.61 Å². The second-order valence-electron chi connectivity index (χ2n) is 3.96. The number of carboxylic acids is 1. The Morgan fingerprint density at radius 1 is 1.15 bits per heavy atom. The molecule has 0 saturated carbocycles. The summed E-state index contributed by atoms with van der Waals surface area (Å²) >= 11 is 3.21. The van der Waals surface area contributed by atoms with Crippen LogP contribution in [0.5, 0.6) is 17.2 Å². The molecule has 2 rings (SSSR count). The van der Waals surface area contributed by atoms with Crippen molar-refractivity contribution in [1.82, 2.24) is 0 Å². The Labute approximate surface area is 125 Å². The molecule has 0 aromatic heterocycles. The van der Waals surface area contributed by atoms with Crippen molar-refractivity contribution >= 4 is 21.9 Å². The first-order chi connectivity index (χ1) is 9.60. The van der Waals surface area contributed by atoms with E-state index in [1.807, 2.05) is 25.1 Å². The van der Waals surface area contributed by atoms with Gasteiger partial charge in [0, 0.05) is 10.5 Å². The Bertz CT molecular complexity index is 625. The van der Waals surface area contributed by atoms with Crippen molar-refractivity contribution in [1.29, 1.82) is 0 Å². The van der Waals surface area contributed by atoms with Gasteiger partial charge in [-0.25, -0.2) is 4.79 Å². The maximum absolute atomic E-state index is 10.9. The summed E-state index contributed by atoms with van der Waals surface area (Å²) in [5, 5.41) is 8.95. The third-order valence-corrected chi connectivity index (χ3v) is 3.18. The van der Waals surface area contributed by atoms with Gasteiger partial charge >= 0.3 is 5.97 Å². The molecule has 0 fully saturated rings. The van der Waals surface area contributed by atoms with Gasteiger partial charge in [-0.1, -0.05) is 6.07 Å². The molecule has 0 radical (unpaired) electrons. The Morgan fingerprint density at radius 2 is 1.85 bits per heavy atom. The molecule has 0 unspecified atom stereocenters. The summed E-state index contributed by atoms with van der Waals surface area (Å²) in [6, 6.07) is 12.0. The zero-order valence-corrected chi connectivity index (χ0v) is 12.4. The summed E-state index contributed by atoms with van der Waals surface area (Å²) in [5.41, 5.74) is 0.195. The van der Waals surface area contributed by atoms with Crippen LogP contribution in [0.2, 0.25) is 0 Å². The van der Waals surface area contributed by atoms with E-state index in [2.05, 4.69) is 15.9 Å². The molecule has 0 aliphatic rings. The van der Waals surface area contributed by atoms with Crippen molar-refractivity contribution < 1.29 is 19.4 Å². The maximum atomic E-state index is 10.9. The van der Waals surface area contributed by atoms with Crippen molar-refractivity contribution in [3.63, 3.8) is 0 Å². The van der Waals surface area contributed by atoms with Crippen LogP contribution in [-0.4, -0.2) is 17.7 Å². The highest BCUT2D eigenvalue weighted by molar-refractivity contribution is 9.10. The molecule has 0 saturated heterocycles. The minimum Gasteiger partial charge on any atom is -0.494 e. The van der Waals surface area contributed by atoms with Gasteiger partial charge in [-0.3, -0.25) is 0 Å². The molecule has 0 amide bonds. The molecule has 104 valence electrons. The second kappa shape index (κ2) is 6.43. The van der Waals surface area contributed by atoms with Crippen LogP contribution < -0.4 is 9.47 Å². The largest absolute Gasteiger partial charge is 0.494 e. The monoisotopic (exact) mass is 336 g/mol. The van der Waals surface area contributed by atoms with Gasteiger partial charge in [0.25, 0.3) is 0 Å². The highest BCUT2D eigenvalue weighted by Gasteiger charge is 2.09. The normalized spacial score (nSPS) is 10.1. The van der Waals surface area contributed by atoms with E-state index in [4.69, 9.17) is 14.6 Å². The summed E-state index contributed by atoms with van der Waals surface area (Å²) in [6.45, 7) is 2.50. The van der Waals surface area contributed by atoms with Crippen LogP contribution >= 0.6 is 15.9 Å². The molecular formula is C15H13BrO4. The summed E-state index contributed by atoms with van der Waals surface area (Å²) < 4.78 is 11.5. The Morgan fingerprint density at radius 3 is 2.50 bits per heavy atom. The Kier molecular flexibility index (Phi) is 4.63. The quantitative estimate of drug-likeness (QED) is 0.882. The molecule has 1 N–H and O–H groups in total. The fourth-order valence-electron chi connectivity index (χ4n) is 1.66. The zero-order chi connectivity index (χ0) is 14.5. The average molecular weight is 337 g/mol. The van der Waals surface area contributed by atoms with E-state index in [1.54, 1.807) is 18.2 Å². The molecular weight excluding hydrogens is 324 g/mol. The molecule has 2 aromatic rings. The van der Waals surface area contributed by atoms with Crippen LogP contribution in [0.3, 0.4) is 0 Å². The van der Waals surface area contributed by atoms with Gasteiger partial charge < -0.3 is 14.6 Å². The number of hydrogen-bond acceptors (Lipinski definition) is 3. The first-order valence-electron chi connectivity index (χ1n) is 6.03. The Balaban J connectivity index is 2.19. The lowest BCUT2D eigenvalue weighted by Crippen LogP contribution is -1.97. The minimum atomic E-state index is -0.984. The van der Waals surface area contributed by atoms with Gasteiger partial charge in [0.2, 0.25) is 0 Å². The van der Waals surface area contributed by atoms with Crippen LogP contribution in [0.25, 0.3) is 0 Å². The number of ether oxygens (including phenoxy) is 2. The number of carboxylic acid groups (broad SMARTS) is 1. The molecule has 4 nitrogen and oxygen atoms in total. The number of aromatic carboxylic acids is 1. The van der Waals surface area contributed by atoms with E-state index >= 15 is 0 Å². The van der Waals surface area contributed by atoms with Gasteiger partial charge in [0.05, 0.1) is 12.2 Å².